The van der Waals surface area contributed by atoms with Crippen molar-refractivity contribution in [3.63, 3.8) is 0 Å². The second-order valence-corrected chi connectivity index (χ2v) is 7.96. The molecule has 3 rings (SSSR count). The maximum absolute atomic E-state index is 13.4. The van der Waals surface area contributed by atoms with Crippen LogP contribution >= 0.6 is 15.9 Å². The second-order valence-electron chi connectivity index (χ2n) is 5.57. The molecular weight excluding hydrogens is 440 g/mol. The van der Waals surface area contributed by atoms with Crippen LogP contribution in [0.5, 0.6) is 0 Å². The lowest BCUT2D eigenvalue weighted by Gasteiger charge is -2.24. The molecule has 0 radical (unpaired) electrons. The summed E-state index contributed by atoms with van der Waals surface area (Å²) in [6, 6.07) is 10.1. The van der Waals surface area contributed by atoms with Crippen LogP contribution in [0.25, 0.3) is 11.3 Å². The lowest BCUT2D eigenvalue weighted by Crippen LogP contribution is -2.26. The minimum Gasteiger partial charge on any atom is -0.375 e. The number of aryl methyl sites for hydroxylation is 1. The van der Waals surface area contributed by atoms with Gasteiger partial charge in [-0.05, 0) is 36.1 Å². The molecule has 1 aliphatic carbocycles. The molecule has 0 aliphatic heterocycles. The molecule has 9 heteroatoms. The predicted octanol–water partition coefficient (Wildman–Crippen LogP) is 5.27. The zero-order valence-corrected chi connectivity index (χ0v) is 15.4. The predicted molar refractivity (Wildman–Crippen MR) is 91.7 cm³/mol. The molecule has 2 aromatic carbocycles. The minimum absolute atomic E-state index is 0.240. The number of rotatable bonds is 3. The molecule has 0 atom stereocenters. The van der Waals surface area contributed by atoms with E-state index in [2.05, 4.69) is 20.1 Å². The van der Waals surface area contributed by atoms with Gasteiger partial charge in [0.2, 0.25) is 0 Å². The van der Waals surface area contributed by atoms with Crippen LogP contribution in [0.2, 0.25) is 0 Å². The summed E-state index contributed by atoms with van der Waals surface area (Å²) in [6.07, 6.45) is 0.720. The van der Waals surface area contributed by atoms with E-state index in [9.17, 15) is 26.0 Å². The van der Waals surface area contributed by atoms with Gasteiger partial charge in [-0.15, -0.1) is 0 Å². The van der Waals surface area contributed by atoms with Crippen molar-refractivity contribution in [2.75, 3.05) is 0 Å². The van der Waals surface area contributed by atoms with E-state index in [1.54, 1.807) is 18.2 Å². The Balaban J connectivity index is 2.23. The molecule has 0 spiro atoms. The van der Waals surface area contributed by atoms with Crippen LogP contribution < -0.4 is 0 Å². The first kappa shape index (κ1) is 18.9. The monoisotopic (exact) mass is 450 g/mol. The summed E-state index contributed by atoms with van der Waals surface area (Å²) >= 11 is 3.17. The number of hydrogen-bond donors (Lipinski definition) is 0. The number of fused-ring (bicyclic) bond motifs is 1. The van der Waals surface area contributed by atoms with Crippen molar-refractivity contribution < 1.29 is 30.2 Å². The molecule has 3 nitrogen and oxygen atoms in total. The van der Waals surface area contributed by atoms with Crippen LogP contribution in [0.1, 0.15) is 23.1 Å². The topological polar surface area (TPSA) is 43.4 Å². The average Bonchev–Trinajstić information content (AvgIpc) is 2.54. The van der Waals surface area contributed by atoms with E-state index in [0.29, 0.717) is 17.5 Å². The Bertz CT molecular complexity index is 997. The smallest absolute Gasteiger partial charge is 0.375 e. The highest BCUT2D eigenvalue weighted by Gasteiger charge is 2.49. The zero-order chi connectivity index (χ0) is 19.1. The third kappa shape index (κ3) is 3.50. The first-order chi connectivity index (χ1) is 12.1. The Morgan fingerprint density at radius 3 is 2.35 bits per heavy atom. The van der Waals surface area contributed by atoms with E-state index < -0.39 is 27.2 Å². The van der Waals surface area contributed by atoms with Gasteiger partial charge in [0.05, 0.1) is 0 Å². The van der Waals surface area contributed by atoms with Crippen LogP contribution in [0.3, 0.4) is 0 Å². The standard InChI is InChI=1S/C17H11BrF4O3S/c18-15-9-11(19)6-8-13(15)14-7-5-10-3-1-2-4-12(10)16(14)25-26(23,24)17(20,21)22/h1-4,6,8-9H,5,7H2. The molecule has 26 heavy (non-hydrogen) atoms. The molecule has 0 fully saturated rings. The summed E-state index contributed by atoms with van der Waals surface area (Å²) in [5.41, 5.74) is -4.01. The minimum atomic E-state index is -5.85. The Morgan fingerprint density at radius 2 is 1.69 bits per heavy atom. The molecule has 1 aliphatic rings. The van der Waals surface area contributed by atoms with E-state index >= 15 is 0 Å². The molecule has 0 N–H and O–H groups in total. The summed E-state index contributed by atoms with van der Waals surface area (Å²) in [6.45, 7) is 0. The highest BCUT2D eigenvalue weighted by molar-refractivity contribution is 9.10. The number of benzene rings is 2. The number of hydrogen-bond acceptors (Lipinski definition) is 3. The largest absolute Gasteiger partial charge is 0.534 e. The van der Waals surface area contributed by atoms with Crippen molar-refractivity contribution >= 4 is 37.4 Å². The summed E-state index contributed by atoms with van der Waals surface area (Å²) in [5.74, 6) is -0.931. The molecule has 0 aromatic heterocycles. The lowest BCUT2D eigenvalue weighted by molar-refractivity contribution is -0.0509. The van der Waals surface area contributed by atoms with Gasteiger partial charge in [-0.3, -0.25) is 0 Å². The molecule has 0 bridgehead atoms. The Kier molecular flexibility index (Phi) is 4.87. The van der Waals surface area contributed by atoms with Crippen molar-refractivity contribution in [1.29, 1.82) is 0 Å². The van der Waals surface area contributed by atoms with E-state index in [0.717, 1.165) is 12.1 Å². The molecular formula is C17H11BrF4O3S. The third-order valence-corrected chi connectivity index (χ3v) is 5.52. The van der Waals surface area contributed by atoms with Gasteiger partial charge in [0.15, 0.2) is 5.76 Å². The van der Waals surface area contributed by atoms with Gasteiger partial charge in [-0.1, -0.05) is 46.3 Å². The van der Waals surface area contributed by atoms with E-state index in [-0.39, 0.29) is 22.0 Å². The summed E-state index contributed by atoms with van der Waals surface area (Å²) in [7, 11) is -5.85. The first-order valence-corrected chi connectivity index (χ1v) is 9.58. The van der Waals surface area contributed by atoms with Gasteiger partial charge >= 0.3 is 15.6 Å². The molecule has 0 saturated heterocycles. The number of alkyl halides is 3. The fraction of sp³-hybridized carbons (Fsp3) is 0.176. The molecule has 0 saturated carbocycles. The molecule has 0 amide bonds. The lowest BCUT2D eigenvalue weighted by atomic mass is 9.87. The molecule has 0 unspecified atom stereocenters. The first-order valence-electron chi connectivity index (χ1n) is 7.38. The van der Waals surface area contributed by atoms with Crippen molar-refractivity contribution in [1.82, 2.24) is 0 Å². The van der Waals surface area contributed by atoms with Crippen molar-refractivity contribution in [3.8, 4) is 0 Å². The van der Waals surface area contributed by atoms with Gasteiger partial charge in [0.1, 0.15) is 5.82 Å². The van der Waals surface area contributed by atoms with E-state index in [1.807, 2.05) is 0 Å². The SMILES string of the molecule is O=S(=O)(OC1=C(c2ccc(F)cc2Br)CCc2ccccc21)C(F)(F)F. The fourth-order valence-corrected chi connectivity index (χ4v) is 3.83. The van der Waals surface area contributed by atoms with E-state index in [4.69, 9.17) is 0 Å². The van der Waals surface area contributed by atoms with Crippen LogP contribution in [0.4, 0.5) is 17.6 Å². The van der Waals surface area contributed by atoms with Crippen molar-refractivity contribution in [2.45, 2.75) is 18.3 Å². The second kappa shape index (κ2) is 6.70. The highest BCUT2D eigenvalue weighted by Crippen LogP contribution is 2.42. The van der Waals surface area contributed by atoms with Gasteiger partial charge in [-0.2, -0.15) is 21.6 Å². The fourth-order valence-electron chi connectivity index (χ4n) is 2.74. The van der Waals surface area contributed by atoms with Crippen LogP contribution in [0, 0.1) is 5.82 Å². The Morgan fingerprint density at radius 1 is 1.00 bits per heavy atom. The average molecular weight is 451 g/mol. The number of allylic oxidation sites excluding steroid dienone is 1. The van der Waals surface area contributed by atoms with Crippen LogP contribution in [-0.2, 0) is 20.7 Å². The molecule has 138 valence electrons. The van der Waals surface area contributed by atoms with Gasteiger partial charge in [0, 0.05) is 15.6 Å². The van der Waals surface area contributed by atoms with Crippen LogP contribution in [0.15, 0.2) is 46.9 Å². The molecule has 2 aromatic rings. The van der Waals surface area contributed by atoms with Gasteiger partial charge in [0.25, 0.3) is 0 Å². The number of halogens is 5. The quantitative estimate of drug-likeness (QED) is 0.363. The van der Waals surface area contributed by atoms with Crippen molar-refractivity contribution in [2.24, 2.45) is 0 Å². The van der Waals surface area contributed by atoms with Gasteiger partial charge < -0.3 is 4.18 Å². The maximum atomic E-state index is 13.4. The highest BCUT2D eigenvalue weighted by atomic mass is 79.9. The Labute approximate surface area is 155 Å². The Hall–Kier alpha value is -1.87. The maximum Gasteiger partial charge on any atom is 0.534 e. The van der Waals surface area contributed by atoms with E-state index in [1.165, 1.54) is 12.1 Å². The van der Waals surface area contributed by atoms with Crippen molar-refractivity contribution in [3.05, 3.63) is 69.4 Å². The third-order valence-electron chi connectivity index (χ3n) is 3.91. The van der Waals surface area contributed by atoms with Gasteiger partial charge in [-0.25, -0.2) is 4.39 Å². The van der Waals surface area contributed by atoms with Crippen LogP contribution in [-0.4, -0.2) is 13.9 Å². The summed E-state index contributed by atoms with van der Waals surface area (Å²) in [4.78, 5) is 0. The summed E-state index contributed by atoms with van der Waals surface area (Å²) in [5, 5.41) is 0. The molecule has 0 heterocycles. The zero-order valence-electron chi connectivity index (χ0n) is 13.0. The summed E-state index contributed by atoms with van der Waals surface area (Å²) < 4.78 is 79.9. The normalized spacial score (nSPS) is 15.0.